The van der Waals surface area contributed by atoms with E-state index in [9.17, 15) is 13.2 Å². The van der Waals surface area contributed by atoms with Gasteiger partial charge in [-0.05, 0) is 30.5 Å². The fourth-order valence-corrected chi connectivity index (χ4v) is 4.00. The second-order valence-corrected chi connectivity index (χ2v) is 7.09. The minimum absolute atomic E-state index is 0.0953. The van der Waals surface area contributed by atoms with Crippen molar-refractivity contribution in [3.63, 3.8) is 0 Å². The lowest BCUT2D eigenvalue weighted by molar-refractivity contribution is -0.142. The molecule has 1 aromatic rings. The SMILES string of the molecule is COc1cccc(CS(=O)(=O)N2CCC(C(=O)O)CC2)c1. The quantitative estimate of drug-likeness (QED) is 0.886. The smallest absolute Gasteiger partial charge is 0.306 e. The molecule has 0 aromatic heterocycles. The Balaban J connectivity index is 2.03. The molecule has 0 bridgehead atoms. The molecule has 1 heterocycles. The maximum atomic E-state index is 12.4. The lowest BCUT2D eigenvalue weighted by Gasteiger charge is -2.29. The molecular weight excluding hydrogens is 294 g/mol. The van der Waals surface area contributed by atoms with Gasteiger partial charge in [0.2, 0.25) is 10.0 Å². The maximum absolute atomic E-state index is 12.4. The van der Waals surface area contributed by atoms with Crippen LogP contribution in [0.4, 0.5) is 0 Å². The third-order valence-corrected chi connectivity index (χ3v) is 5.53. The summed E-state index contributed by atoms with van der Waals surface area (Å²) in [5, 5.41) is 8.94. The number of carboxylic acids is 1. The van der Waals surface area contributed by atoms with Crippen molar-refractivity contribution in [3.8, 4) is 5.75 Å². The zero-order valence-electron chi connectivity index (χ0n) is 11.9. The van der Waals surface area contributed by atoms with E-state index in [2.05, 4.69) is 0 Å². The highest BCUT2D eigenvalue weighted by Crippen LogP contribution is 2.22. The number of rotatable bonds is 5. The van der Waals surface area contributed by atoms with Crippen molar-refractivity contribution in [2.75, 3.05) is 20.2 Å². The molecule has 0 aliphatic carbocycles. The van der Waals surface area contributed by atoms with Crippen molar-refractivity contribution in [2.24, 2.45) is 5.92 Å². The maximum Gasteiger partial charge on any atom is 0.306 e. The van der Waals surface area contributed by atoms with E-state index in [-0.39, 0.29) is 18.8 Å². The molecule has 1 aliphatic rings. The Labute approximate surface area is 124 Å². The Morgan fingerprint density at radius 3 is 2.62 bits per heavy atom. The molecular formula is C14H19NO5S. The topological polar surface area (TPSA) is 83.9 Å². The molecule has 0 atom stereocenters. The highest BCUT2D eigenvalue weighted by Gasteiger charge is 2.30. The Morgan fingerprint density at radius 1 is 1.38 bits per heavy atom. The second-order valence-electron chi connectivity index (χ2n) is 5.12. The van der Waals surface area contributed by atoms with Crippen LogP contribution in [0.1, 0.15) is 18.4 Å². The summed E-state index contributed by atoms with van der Waals surface area (Å²) in [6.07, 6.45) is 0.735. The predicted octanol–water partition coefficient (Wildman–Crippen LogP) is 1.32. The van der Waals surface area contributed by atoms with Gasteiger partial charge in [-0.3, -0.25) is 4.79 Å². The average Bonchev–Trinajstić information content (AvgIpc) is 2.47. The van der Waals surface area contributed by atoms with E-state index in [1.165, 1.54) is 11.4 Å². The van der Waals surface area contributed by atoms with Gasteiger partial charge in [0.1, 0.15) is 5.75 Å². The molecule has 21 heavy (non-hydrogen) atoms. The number of methoxy groups -OCH3 is 1. The van der Waals surface area contributed by atoms with Crippen molar-refractivity contribution in [1.82, 2.24) is 4.31 Å². The molecule has 0 radical (unpaired) electrons. The highest BCUT2D eigenvalue weighted by atomic mass is 32.2. The first-order chi connectivity index (χ1) is 9.92. The molecule has 1 N–H and O–H groups in total. The molecule has 1 fully saturated rings. The fraction of sp³-hybridized carbons (Fsp3) is 0.500. The molecule has 6 nitrogen and oxygen atoms in total. The lowest BCUT2D eigenvalue weighted by Crippen LogP contribution is -2.40. The normalized spacial score (nSPS) is 17.6. The first kappa shape index (κ1) is 15.8. The van der Waals surface area contributed by atoms with Crippen LogP contribution in [0.5, 0.6) is 5.75 Å². The molecule has 0 amide bonds. The number of hydrogen-bond acceptors (Lipinski definition) is 4. The zero-order chi connectivity index (χ0) is 15.5. The number of ether oxygens (including phenoxy) is 1. The molecule has 1 aromatic carbocycles. The Morgan fingerprint density at radius 2 is 2.05 bits per heavy atom. The summed E-state index contributed by atoms with van der Waals surface area (Å²) in [7, 11) is -1.89. The number of sulfonamides is 1. The van der Waals surface area contributed by atoms with Crippen LogP contribution in [0.25, 0.3) is 0 Å². The standard InChI is InChI=1S/C14H19NO5S/c1-20-13-4-2-3-11(9-13)10-21(18,19)15-7-5-12(6-8-15)14(16)17/h2-4,9,12H,5-8,10H2,1H3,(H,16,17). The summed E-state index contributed by atoms with van der Waals surface area (Å²) in [6, 6.07) is 6.94. The summed E-state index contributed by atoms with van der Waals surface area (Å²) in [5.41, 5.74) is 0.662. The van der Waals surface area contributed by atoms with E-state index in [0.29, 0.717) is 24.2 Å². The van der Waals surface area contributed by atoms with Crippen molar-refractivity contribution in [2.45, 2.75) is 18.6 Å². The van der Waals surface area contributed by atoms with Gasteiger partial charge in [0.25, 0.3) is 0 Å². The molecule has 116 valence electrons. The van der Waals surface area contributed by atoms with Crippen molar-refractivity contribution >= 4 is 16.0 Å². The van der Waals surface area contributed by atoms with Gasteiger partial charge in [-0.25, -0.2) is 12.7 Å². The molecule has 1 saturated heterocycles. The second kappa shape index (κ2) is 6.44. The third kappa shape index (κ3) is 3.95. The minimum atomic E-state index is -3.43. The van der Waals surface area contributed by atoms with E-state index in [0.717, 1.165) is 0 Å². The monoisotopic (exact) mass is 313 g/mol. The first-order valence-electron chi connectivity index (χ1n) is 6.76. The van der Waals surface area contributed by atoms with Gasteiger partial charge in [-0.1, -0.05) is 12.1 Å². The predicted molar refractivity (Wildman–Crippen MR) is 77.6 cm³/mol. The van der Waals surface area contributed by atoms with Crippen molar-refractivity contribution in [1.29, 1.82) is 0 Å². The van der Waals surface area contributed by atoms with Gasteiger partial charge in [-0.2, -0.15) is 0 Å². The van der Waals surface area contributed by atoms with Crippen LogP contribution in [0.3, 0.4) is 0 Å². The van der Waals surface area contributed by atoms with E-state index in [1.54, 1.807) is 24.3 Å². The van der Waals surface area contributed by atoms with Gasteiger partial charge < -0.3 is 9.84 Å². The largest absolute Gasteiger partial charge is 0.497 e. The number of benzene rings is 1. The molecule has 0 saturated carbocycles. The van der Waals surface area contributed by atoms with Crippen LogP contribution in [0, 0.1) is 5.92 Å². The number of hydrogen-bond donors (Lipinski definition) is 1. The van der Waals surface area contributed by atoms with Gasteiger partial charge in [-0.15, -0.1) is 0 Å². The minimum Gasteiger partial charge on any atom is -0.497 e. The molecule has 0 unspecified atom stereocenters. The number of aliphatic carboxylic acids is 1. The van der Waals surface area contributed by atoms with E-state index >= 15 is 0 Å². The van der Waals surface area contributed by atoms with E-state index < -0.39 is 21.9 Å². The number of carboxylic acid groups (broad SMARTS) is 1. The van der Waals surface area contributed by atoms with Crippen LogP contribution >= 0.6 is 0 Å². The summed E-state index contributed by atoms with van der Waals surface area (Å²) in [6.45, 7) is 0.534. The average molecular weight is 313 g/mol. The van der Waals surface area contributed by atoms with Crippen LogP contribution in [-0.2, 0) is 20.6 Å². The summed E-state index contributed by atoms with van der Waals surface area (Å²) >= 11 is 0. The molecule has 2 rings (SSSR count). The van der Waals surface area contributed by atoms with Crippen LogP contribution < -0.4 is 4.74 Å². The third-order valence-electron chi connectivity index (χ3n) is 3.68. The first-order valence-corrected chi connectivity index (χ1v) is 8.37. The van der Waals surface area contributed by atoms with Crippen LogP contribution in [0.15, 0.2) is 24.3 Å². The number of nitrogens with zero attached hydrogens (tertiary/aromatic N) is 1. The number of carbonyl (C=O) groups is 1. The van der Waals surface area contributed by atoms with E-state index in [1.807, 2.05) is 0 Å². The van der Waals surface area contributed by atoms with Crippen LogP contribution in [-0.4, -0.2) is 44.0 Å². The molecule has 1 aliphatic heterocycles. The molecule has 7 heteroatoms. The van der Waals surface area contributed by atoms with Gasteiger partial charge >= 0.3 is 5.97 Å². The summed E-state index contributed by atoms with van der Waals surface area (Å²) < 4.78 is 31.2. The van der Waals surface area contributed by atoms with Gasteiger partial charge in [0.15, 0.2) is 0 Å². The molecule has 0 spiro atoms. The van der Waals surface area contributed by atoms with Crippen LogP contribution in [0.2, 0.25) is 0 Å². The van der Waals surface area contributed by atoms with Gasteiger partial charge in [0.05, 0.1) is 18.8 Å². The summed E-state index contributed by atoms with van der Waals surface area (Å²) in [4.78, 5) is 10.9. The highest BCUT2D eigenvalue weighted by molar-refractivity contribution is 7.88. The zero-order valence-corrected chi connectivity index (χ0v) is 12.7. The van der Waals surface area contributed by atoms with Crippen molar-refractivity contribution < 1.29 is 23.1 Å². The lowest BCUT2D eigenvalue weighted by atomic mass is 9.99. The summed E-state index contributed by atoms with van der Waals surface area (Å²) in [5.74, 6) is -0.762. The number of piperidine rings is 1. The Kier molecular flexibility index (Phi) is 4.84. The Hall–Kier alpha value is -1.60. The fourth-order valence-electron chi connectivity index (χ4n) is 2.45. The van der Waals surface area contributed by atoms with Crippen molar-refractivity contribution in [3.05, 3.63) is 29.8 Å². The van der Waals surface area contributed by atoms with E-state index in [4.69, 9.17) is 9.84 Å². The Bertz CT molecular complexity index is 606. The van der Waals surface area contributed by atoms with Gasteiger partial charge in [0, 0.05) is 13.1 Å².